The number of unbranched alkanes of at least 4 members (excludes halogenated alkanes) is 2. The number of amidine groups is 1. The number of carbonyl (C=O) groups excluding carboxylic acids is 1. The summed E-state index contributed by atoms with van der Waals surface area (Å²) in [6, 6.07) is 6.85. The summed E-state index contributed by atoms with van der Waals surface area (Å²) in [4.78, 5) is 16.9. The van der Waals surface area contributed by atoms with E-state index in [0.717, 1.165) is 25.7 Å². The molecule has 28 heavy (non-hydrogen) atoms. The molecule has 0 fully saturated rings. The van der Waals surface area contributed by atoms with Crippen LogP contribution in [0.15, 0.2) is 34.2 Å². The molecule has 1 aromatic carbocycles. The lowest BCUT2D eigenvalue weighted by atomic mass is 9.82. The summed E-state index contributed by atoms with van der Waals surface area (Å²) in [5.41, 5.74) is 0.577. The molecular weight excluding hydrogens is 374 g/mol. The molecule has 0 radical (unpaired) electrons. The lowest BCUT2D eigenvalue weighted by Crippen LogP contribution is -2.45. The van der Waals surface area contributed by atoms with Gasteiger partial charge in [0.1, 0.15) is 5.84 Å². The third kappa shape index (κ3) is 6.62. The molecule has 6 nitrogen and oxygen atoms in total. The molecule has 7 heteroatoms. The van der Waals surface area contributed by atoms with E-state index in [1.807, 2.05) is 0 Å². The molecule has 0 saturated carbocycles. The minimum absolute atomic E-state index is 0.0815. The van der Waals surface area contributed by atoms with Crippen LogP contribution < -0.4 is 10.0 Å². The highest BCUT2D eigenvalue weighted by Gasteiger charge is 2.30. The summed E-state index contributed by atoms with van der Waals surface area (Å²) in [7, 11) is -3.48. The second-order valence-electron chi connectivity index (χ2n) is 9.31. The van der Waals surface area contributed by atoms with E-state index < -0.39 is 10.0 Å². The highest BCUT2D eigenvalue weighted by atomic mass is 32.2. The van der Waals surface area contributed by atoms with Crippen LogP contribution in [0, 0.1) is 5.41 Å². The zero-order valence-electron chi connectivity index (χ0n) is 17.6. The van der Waals surface area contributed by atoms with Crippen LogP contribution in [0.2, 0.25) is 0 Å². The Balaban J connectivity index is 1.73. The van der Waals surface area contributed by atoms with Crippen LogP contribution in [0.1, 0.15) is 72.3 Å². The second-order valence-corrected chi connectivity index (χ2v) is 11.0. The first-order chi connectivity index (χ1) is 12.9. The van der Waals surface area contributed by atoms with Crippen molar-refractivity contribution in [1.82, 2.24) is 10.0 Å². The van der Waals surface area contributed by atoms with Crippen LogP contribution >= 0.6 is 0 Å². The third-order valence-electron chi connectivity index (χ3n) is 4.44. The molecule has 1 aliphatic heterocycles. The summed E-state index contributed by atoms with van der Waals surface area (Å²) in [6.07, 6.45) is 3.90. The predicted octanol–water partition coefficient (Wildman–Crippen LogP) is 3.62. The molecule has 0 aromatic heterocycles. The van der Waals surface area contributed by atoms with Gasteiger partial charge in [0.2, 0.25) is 5.91 Å². The van der Waals surface area contributed by atoms with E-state index in [4.69, 9.17) is 0 Å². The van der Waals surface area contributed by atoms with E-state index in [-0.39, 0.29) is 21.8 Å². The monoisotopic (exact) mass is 407 g/mol. The van der Waals surface area contributed by atoms with Gasteiger partial charge in [-0.05, 0) is 50.7 Å². The maximum absolute atomic E-state index is 12.2. The van der Waals surface area contributed by atoms with Crippen molar-refractivity contribution in [2.75, 3.05) is 6.54 Å². The van der Waals surface area contributed by atoms with Crippen molar-refractivity contribution in [3.05, 3.63) is 29.8 Å². The van der Waals surface area contributed by atoms with E-state index in [9.17, 15) is 13.2 Å². The molecule has 0 unspecified atom stereocenters. The summed E-state index contributed by atoms with van der Waals surface area (Å²) >= 11 is 0. The molecule has 1 amide bonds. The number of hydrogen-bond acceptors (Lipinski definition) is 4. The quantitative estimate of drug-likeness (QED) is 0.645. The molecule has 2 N–H and O–H groups in total. The maximum atomic E-state index is 12.2. The summed E-state index contributed by atoms with van der Waals surface area (Å²) in [6.45, 7) is 11.2. The van der Waals surface area contributed by atoms with Crippen molar-refractivity contribution >= 4 is 21.8 Å². The molecule has 0 atom stereocenters. The first kappa shape index (κ1) is 22.4. The Morgan fingerprint density at radius 2 is 1.75 bits per heavy atom. The van der Waals surface area contributed by atoms with Gasteiger partial charge in [-0.25, -0.2) is 8.42 Å². The van der Waals surface area contributed by atoms with Crippen molar-refractivity contribution in [2.45, 2.75) is 77.2 Å². The number of carbonyl (C=O) groups is 1. The Bertz CT molecular complexity index is 837. The molecule has 1 aliphatic rings. The number of nitrogens with zero attached hydrogens (tertiary/aromatic N) is 1. The fourth-order valence-corrected chi connectivity index (χ4v) is 5.08. The Morgan fingerprint density at radius 1 is 1.07 bits per heavy atom. The smallest absolute Gasteiger partial charge is 0.263 e. The Kier molecular flexibility index (Phi) is 6.91. The lowest BCUT2D eigenvalue weighted by Gasteiger charge is -2.33. The number of nitrogens with one attached hydrogen (secondary N) is 2. The van der Waals surface area contributed by atoms with Crippen molar-refractivity contribution in [3.63, 3.8) is 0 Å². The SMILES string of the molecule is CC(C)(C)CC(C)(C)NC(=O)CCCCCN=C1NS(=O)(=O)c2ccccc21. The van der Waals surface area contributed by atoms with Gasteiger partial charge < -0.3 is 5.32 Å². The number of aliphatic imine (C=N–C) groups is 1. The third-order valence-corrected chi connectivity index (χ3v) is 5.84. The topological polar surface area (TPSA) is 87.6 Å². The largest absolute Gasteiger partial charge is 0.351 e. The van der Waals surface area contributed by atoms with Gasteiger partial charge in [0.15, 0.2) is 0 Å². The standard InChI is InChI=1S/C21H33N3O3S/c1-20(2,3)15-21(4,5)23-18(25)13-7-6-10-14-22-19-16-11-8-9-12-17(16)28(26,27)24-19/h8-9,11-12H,6-7,10,13-15H2,1-5H3,(H,22,24)(H,23,25). The Morgan fingerprint density at radius 3 is 2.43 bits per heavy atom. The molecule has 0 bridgehead atoms. The minimum Gasteiger partial charge on any atom is -0.351 e. The van der Waals surface area contributed by atoms with Gasteiger partial charge in [-0.15, -0.1) is 0 Å². The Labute approximate surface area is 169 Å². The average molecular weight is 408 g/mol. The fourth-order valence-electron chi connectivity index (χ4n) is 3.83. The second kappa shape index (κ2) is 8.64. The van der Waals surface area contributed by atoms with Crippen molar-refractivity contribution in [3.8, 4) is 0 Å². The van der Waals surface area contributed by atoms with Gasteiger partial charge in [0.05, 0.1) is 4.90 Å². The van der Waals surface area contributed by atoms with E-state index in [0.29, 0.717) is 24.4 Å². The number of amides is 1. The average Bonchev–Trinajstić information content (AvgIpc) is 2.79. The lowest BCUT2D eigenvalue weighted by molar-refractivity contribution is -0.123. The van der Waals surface area contributed by atoms with Crippen LogP contribution in [0.25, 0.3) is 0 Å². The summed E-state index contributed by atoms with van der Waals surface area (Å²) < 4.78 is 26.6. The fraction of sp³-hybridized carbons (Fsp3) is 0.619. The van der Waals surface area contributed by atoms with Gasteiger partial charge in [0, 0.05) is 24.1 Å². The van der Waals surface area contributed by atoms with Crippen molar-refractivity contribution in [1.29, 1.82) is 0 Å². The number of benzene rings is 1. The molecular formula is C21H33N3O3S. The maximum Gasteiger partial charge on any atom is 0.263 e. The van der Waals surface area contributed by atoms with Gasteiger partial charge >= 0.3 is 0 Å². The molecule has 1 aromatic rings. The van der Waals surface area contributed by atoms with Crippen LogP contribution in [-0.4, -0.2) is 32.2 Å². The molecule has 0 saturated heterocycles. The van der Waals surface area contributed by atoms with E-state index in [1.54, 1.807) is 24.3 Å². The highest BCUT2D eigenvalue weighted by Crippen LogP contribution is 2.27. The van der Waals surface area contributed by atoms with E-state index >= 15 is 0 Å². The summed E-state index contributed by atoms with van der Waals surface area (Å²) in [5, 5.41) is 3.13. The first-order valence-electron chi connectivity index (χ1n) is 9.87. The van der Waals surface area contributed by atoms with Crippen LogP contribution in [0.4, 0.5) is 0 Å². The van der Waals surface area contributed by atoms with Gasteiger partial charge in [-0.1, -0.05) is 39.3 Å². The molecule has 156 valence electrons. The Hall–Kier alpha value is -1.89. The molecule has 0 spiro atoms. The first-order valence-corrected chi connectivity index (χ1v) is 11.4. The van der Waals surface area contributed by atoms with E-state index in [1.165, 1.54) is 0 Å². The zero-order valence-corrected chi connectivity index (χ0v) is 18.4. The van der Waals surface area contributed by atoms with Crippen LogP contribution in [0.5, 0.6) is 0 Å². The molecule has 1 heterocycles. The normalized spacial score (nSPS) is 17.2. The van der Waals surface area contributed by atoms with Gasteiger partial charge in [-0.3, -0.25) is 14.5 Å². The van der Waals surface area contributed by atoms with Gasteiger partial charge in [-0.2, -0.15) is 0 Å². The highest BCUT2D eigenvalue weighted by molar-refractivity contribution is 7.90. The van der Waals surface area contributed by atoms with Crippen LogP contribution in [0.3, 0.4) is 0 Å². The zero-order chi connectivity index (χ0) is 21.0. The van der Waals surface area contributed by atoms with Gasteiger partial charge in [0.25, 0.3) is 10.0 Å². The predicted molar refractivity (Wildman–Crippen MR) is 113 cm³/mol. The number of hydrogen-bond donors (Lipinski definition) is 2. The molecule has 2 rings (SSSR count). The molecule has 0 aliphatic carbocycles. The van der Waals surface area contributed by atoms with Crippen molar-refractivity contribution < 1.29 is 13.2 Å². The van der Waals surface area contributed by atoms with Crippen molar-refractivity contribution in [2.24, 2.45) is 10.4 Å². The number of fused-ring (bicyclic) bond motifs is 1. The summed E-state index contributed by atoms with van der Waals surface area (Å²) in [5.74, 6) is 0.496. The van der Waals surface area contributed by atoms with Crippen LogP contribution in [-0.2, 0) is 14.8 Å². The number of sulfonamides is 1. The number of rotatable bonds is 8. The van der Waals surface area contributed by atoms with E-state index in [2.05, 4.69) is 49.6 Å². The minimum atomic E-state index is -3.48.